The summed E-state index contributed by atoms with van der Waals surface area (Å²) in [6.07, 6.45) is 0. The van der Waals surface area contributed by atoms with Crippen molar-refractivity contribution in [3.05, 3.63) is 39.5 Å². The maximum atomic E-state index is 11.8. The summed E-state index contributed by atoms with van der Waals surface area (Å²) in [6.45, 7) is 0. The molecule has 0 saturated carbocycles. The SMILES string of the molecule is O=C1Nc2ccccc2Oc2c1csc2Cl. The van der Waals surface area contributed by atoms with Crippen LogP contribution in [0.1, 0.15) is 10.4 Å². The van der Waals surface area contributed by atoms with Gasteiger partial charge in [-0.25, -0.2) is 0 Å². The molecule has 1 N–H and O–H groups in total. The predicted molar refractivity (Wildman–Crippen MR) is 63.8 cm³/mol. The van der Waals surface area contributed by atoms with Gasteiger partial charge in [-0.3, -0.25) is 4.79 Å². The fraction of sp³-hybridized carbons (Fsp3) is 0. The molecule has 3 rings (SSSR count). The maximum absolute atomic E-state index is 11.8. The van der Waals surface area contributed by atoms with Crippen molar-refractivity contribution in [3.8, 4) is 11.5 Å². The number of halogens is 1. The third-order valence-electron chi connectivity index (χ3n) is 2.30. The van der Waals surface area contributed by atoms with Crippen molar-refractivity contribution in [2.24, 2.45) is 0 Å². The zero-order valence-corrected chi connectivity index (χ0v) is 9.56. The molecule has 0 atom stereocenters. The molecule has 0 aliphatic carbocycles. The van der Waals surface area contributed by atoms with E-state index in [0.717, 1.165) is 0 Å². The topological polar surface area (TPSA) is 38.3 Å². The van der Waals surface area contributed by atoms with E-state index in [4.69, 9.17) is 16.3 Å². The highest BCUT2D eigenvalue weighted by atomic mass is 35.5. The van der Waals surface area contributed by atoms with E-state index in [1.165, 1.54) is 11.3 Å². The Bertz CT molecular complexity index is 579. The van der Waals surface area contributed by atoms with Gasteiger partial charge in [0.1, 0.15) is 4.34 Å². The van der Waals surface area contributed by atoms with E-state index in [1.807, 2.05) is 12.1 Å². The lowest BCUT2D eigenvalue weighted by Crippen LogP contribution is -2.09. The van der Waals surface area contributed by atoms with Crippen molar-refractivity contribution in [1.29, 1.82) is 0 Å². The summed E-state index contributed by atoms with van der Waals surface area (Å²) in [5, 5.41) is 4.47. The zero-order chi connectivity index (χ0) is 11.1. The Morgan fingerprint density at radius 2 is 2.12 bits per heavy atom. The first-order valence-corrected chi connectivity index (χ1v) is 5.86. The molecule has 2 heterocycles. The predicted octanol–water partition coefficient (Wildman–Crippen LogP) is 3.76. The molecule has 0 fully saturated rings. The van der Waals surface area contributed by atoms with Crippen molar-refractivity contribution in [3.63, 3.8) is 0 Å². The van der Waals surface area contributed by atoms with E-state index >= 15 is 0 Å². The van der Waals surface area contributed by atoms with Gasteiger partial charge in [0.2, 0.25) is 0 Å². The molecule has 1 aromatic heterocycles. The van der Waals surface area contributed by atoms with E-state index in [-0.39, 0.29) is 5.91 Å². The van der Waals surface area contributed by atoms with Gasteiger partial charge in [-0.15, -0.1) is 11.3 Å². The van der Waals surface area contributed by atoms with Crippen LogP contribution in [0.15, 0.2) is 29.6 Å². The molecular formula is C11H6ClNO2S. The molecule has 5 heteroatoms. The highest BCUT2D eigenvalue weighted by Gasteiger charge is 2.24. The highest BCUT2D eigenvalue weighted by molar-refractivity contribution is 7.15. The van der Waals surface area contributed by atoms with Gasteiger partial charge in [0.05, 0.1) is 11.3 Å². The van der Waals surface area contributed by atoms with Gasteiger partial charge in [0.25, 0.3) is 5.91 Å². The second-order valence-corrected chi connectivity index (χ2v) is 4.79. The molecule has 1 amide bonds. The van der Waals surface area contributed by atoms with Crippen LogP contribution < -0.4 is 10.1 Å². The van der Waals surface area contributed by atoms with Gasteiger partial charge < -0.3 is 10.1 Å². The summed E-state index contributed by atoms with van der Waals surface area (Å²) in [6, 6.07) is 7.26. The number of amides is 1. The number of anilines is 1. The van der Waals surface area contributed by atoms with E-state index < -0.39 is 0 Å². The minimum atomic E-state index is -0.192. The van der Waals surface area contributed by atoms with Gasteiger partial charge in [-0.05, 0) is 12.1 Å². The third-order valence-corrected chi connectivity index (χ3v) is 3.48. The van der Waals surface area contributed by atoms with Crippen LogP contribution in [0.3, 0.4) is 0 Å². The maximum Gasteiger partial charge on any atom is 0.260 e. The number of carbonyl (C=O) groups is 1. The molecule has 1 aliphatic rings. The van der Waals surface area contributed by atoms with Crippen LogP contribution in [-0.2, 0) is 0 Å². The molecule has 1 aliphatic heterocycles. The quantitative estimate of drug-likeness (QED) is 0.774. The van der Waals surface area contributed by atoms with Crippen molar-refractivity contribution < 1.29 is 9.53 Å². The number of hydrogen-bond acceptors (Lipinski definition) is 3. The van der Waals surface area contributed by atoms with Crippen LogP contribution in [0.2, 0.25) is 4.34 Å². The summed E-state index contributed by atoms with van der Waals surface area (Å²) in [5.74, 6) is 0.854. The molecular weight excluding hydrogens is 246 g/mol. The minimum Gasteiger partial charge on any atom is -0.452 e. The Kier molecular flexibility index (Phi) is 2.12. The van der Waals surface area contributed by atoms with Crippen LogP contribution in [0.25, 0.3) is 0 Å². The van der Waals surface area contributed by atoms with Crippen molar-refractivity contribution in [2.45, 2.75) is 0 Å². The Morgan fingerprint density at radius 1 is 1.31 bits per heavy atom. The Morgan fingerprint density at radius 3 is 3.00 bits per heavy atom. The number of hydrogen-bond donors (Lipinski definition) is 1. The Hall–Kier alpha value is -1.52. The van der Waals surface area contributed by atoms with E-state index in [9.17, 15) is 4.79 Å². The van der Waals surface area contributed by atoms with Gasteiger partial charge in [0.15, 0.2) is 11.5 Å². The number of para-hydroxylation sites is 2. The fourth-order valence-corrected chi connectivity index (χ4v) is 2.50. The lowest BCUT2D eigenvalue weighted by molar-refractivity contribution is 0.102. The zero-order valence-electron chi connectivity index (χ0n) is 7.99. The number of rotatable bonds is 0. The number of fused-ring (bicyclic) bond motifs is 2. The van der Waals surface area contributed by atoms with Crippen LogP contribution in [0.4, 0.5) is 5.69 Å². The summed E-state index contributed by atoms with van der Waals surface area (Å²) < 4.78 is 6.13. The average Bonchev–Trinajstić information content (AvgIpc) is 2.57. The number of nitrogens with one attached hydrogen (secondary N) is 1. The second-order valence-electron chi connectivity index (χ2n) is 3.30. The van der Waals surface area contributed by atoms with Gasteiger partial charge >= 0.3 is 0 Å². The molecule has 16 heavy (non-hydrogen) atoms. The van der Waals surface area contributed by atoms with Crippen molar-refractivity contribution in [2.75, 3.05) is 5.32 Å². The average molecular weight is 252 g/mol. The smallest absolute Gasteiger partial charge is 0.260 e. The van der Waals surface area contributed by atoms with Crippen molar-refractivity contribution >= 4 is 34.5 Å². The van der Waals surface area contributed by atoms with Crippen LogP contribution in [-0.4, -0.2) is 5.91 Å². The minimum absolute atomic E-state index is 0.192. The normalized spacial score (nSPS) is 13.2. The molecule has 0 saturated heterocycles. The monoisotopic (exact) mass is 251 g/mol. The van der Waals surface area contributed by atoms with Gasteiger partial charge in [-0.2, -0.15) is 0 Å². The van der Waals surface area contributed by atoms with Crippen LogP contribution in [0.5, 0.6) is 11.5 Å². The molecule has 0 radical (unpaired) electrons. The highest BCUT2D eigenvalue weighted by Crippen LogP contribution is 2.42. The molecule has 2 aromatic rings. The van der Waals surface area contributed by atoms with Gasteiger partial charge in [0, 0.05) is 5.38 Å². The molecule has 0 unspecified atom stereocenters. The molecule has 1 aromatic carbocycles. The van der Waals surface area contributed by atoms with Crippen LogP contribution in [0, 0.1) is 0 Å². The van der Waals surface area contributed by atoms with E-state index in [2.05, 4.69) is 5.32 Å². The summed E-state index contributed by atoms with van der Waals surface area (Å²) in [4.78, 5) is 11.8. The molecule has 3 nitrogen and oxygen atoms in total. The molecule has 0 bridgehead atoms. The standard InChI is InChI=1S/C11H6ClNO2S/c12-10-9-6(5-16-10)11(14)13-7-3-1-2-4-8(7)15-9/h1-5H,(H,13,14). The Balaban J connectivity index is 2.20. The second kappa shape index (κ2) is 3.50. The van der Waals surface area contributed by atoms with Gasteiger partial charge in [-0.1, -0.05) is 23.7 Å². The number of benzene rings is 1. The molecule has 80 valence electrons. The Labute approximate surface area is 101 Å². The summed E-state index contributed by atoms with van der Waals surface area (Å²) in [5.41, 5.74) is 1.14. The lowest BCUT2D eigenvalue weighted by Gasteiger charge is -2.05. The lowest BCUT2D eigenvalue weighted by atomic mass is 10.3. The third kappa shape index (κ3) is 1.38. The largest absolute Gasteiger partial charge is 0.452 e. The fourth-order valence-electron chi connectivity index (χ4n) is 1.53. The number of carbonyl (C=O) groups excluding carboxylic acids is 1. The first-order valence-electron chi connectivity index (χ1n) is 4.61. The van der Waals surface area contributed by atoms with E-state index in [0.29, 0.717) is 27.1 Å². The number of ether oxygens (including phenoxy) is 1. The van der Waals surface area contributed by atoms with Crippen molar-refractivity contribution in [1.82, 2.24) is 0 Å². The number of thiophene rings is 1. The summed E-state index contributed by atoms with van der Waals surface area (Å²) in [7, 11) is 0. The van der Waals surface area contributed by atoms with E-state index in [1.54, 1.807) is 17.5 Å². The molecule has 0 spiro atoms. The van der Waals surface area contributed by atoms with Crippen LogP contribution >= 0.6 is 22.9 Å². The summed E-state index contributed by atoms with van der Waals surface area (Å²) >= 11 is 7.26. The first-order chi connectivity index (χ1) is 7.75. The first kappa shape index (κ1) is 9.69.